The number of hydrogen-bond donors (Lipinski definition) is 1. The largest absolute Gasteiger partial charge is 0.507 e. The highest BCUT2D eigenvalue weighted by atomic mass is 19.3. The highest BCUT2D eigenvalue weighted by Gasteiger charge is 2.43. The summed E-state index contributed by atoms with van der Waals surface area (Å²) < 4.78 is 93.2. The number of aromatic hydroxyl groups is 1. The molecule has 0 aliphatic heterocycles. The molecule has 2 nitrogen and oxygen atoms in total. The van der Waals surface area contributed by atoms with E-state index >= 15 is 4.39 Å². The highest BCUT2D eigenvalue weighted by Crippen LogP contribution is 2.43. The smallest absolute Gasteiger partial charge is 0.432 e. The van der Waals surface area contributed by atoms with Crippen molar-refractivity contribution in [3.8, 4) is 22.6 Å². The lowest BCUT2D eigenvalue weighted by molar-refractivity contribution is -0.189. The van der Waals surface area contributed by atoms with Gasteiger partial charge in [0.15, 0.2) is 17.5 Å². The summed E-state index contributed by atoms with van der Waals surface area (Å²) in [5, 5.41) is 10.1. The average molecular weight is 482 g/mol. The third kappa shape index (κ3) is 5.16. The van der Waals surface area contributed by atoms with Crippen molar-refractivity contribution >= 4 is 0 Å². The van der Waals surface area contributed by atoms with Gasteiger partial charge in [0.2, 0.25) is 0 Å². The molecule has 182 valence electrons. The maximum absolute atomic E-state index is 15.2. The molecule has 0 spiro atoms. The Kier molecular flexibility index (Phi) is 7.79. The molecule has 34 heavy (non-hydrogen) atoms. The second-order valence-corrected chi connectivity index (χ2v) is 7.92. The zero-order chi connectivity index (χ0) is 25.0. The minimum atomic E-state index is -4.51. The summed E-state index contributed by atoms with van der Waals surface area (Å²) in [6.07, 6.45) is -1.41. The van der Waals surface area contributed by atoms with Gasteiger partial charge in [-0.3, -0.25) is 0 Å². The Balaban J connectivity index is 2.05. The maximum Gasteiger partial charge on any atom is 0.432 e. The van der Waals surface area contributed by atoms with Gasteiger partial charge in [0.25, 0.3) is 0 Å². The molecule has 1 N–H and O–H groups in total. The van der Waals surface area contributed by atoms with Crippen molar-refractivity contribution in [2.45, 2.75) is 52.1 Å². The van der Waals surface area contributed by atoms with E-state index in [1.54, 1.807) is 0 Å². The molecule has 3 aromatic rings. The van der Waals surface area contributed by atoms with E-state index in [0.29, 0.717) is 12.8 Å². The first kappa shape index (κ1) is 25.5. The Morgan fingerprint density at radius 2 is 1.53 bits per heavy atom. The predicted octanol–water partition coefficient (Wildman–Crippen LogP) is 8.04. The topological polar surface area (TPSA) is 29.5 Å². The number of rotatable bonds is 9. The molecule has 3 rings (SSSR count). The fourth-order valence-corrected chi connectivity index (χ4v) is 3.66. The first-order valence-corrected chi connectivity index (χ1v) is 10.9. The van der Waals surface area contributed by atoms with Crippen LogP contribution in [0.3, 0.4) is 0 Å². The van der Waals surface area contributed by atoms with Crippen molar-refractivity contribution in [1.29, 1.82) is 0 Å². The summed E-state index contributed by atoms with van der Waals surface area (Å²) in [7, 11) is 0. The van der Waals surface area contributed by atoms with Crippen LogP contribution in [0.2, 0.25) is 0 Å². The SMILES string of the molecule is CCCCCc1ccc(-c2c(O)cc(F)c(C(F)(F)Oc3ccc(CC)cc3)c2F)c(F)c1F. The molecule has 0 unspecified atom stereocenters. The molecule has 0 aliphatic rings. The molecule has 0 heterocycles. The fourth-order valence-electron chi connectivity index (χ4n) is 3.66. The summed E-state index contributed by atoms with van der Waals surface area (Å²) in [6.45, 7) is 3.80. The van der Waals surface area contributed by atoms with Crippen molar-refractivity contribution in [2.24, 2.45) is 0 Å². The normalized spacial score (nSPS) is 11.6. The van der Waals surface area contributed by atoms with Crippen molar-refractivity contribution in [3.63, 3.8) is 0 Å². The quantitative estimate of drug-likeness (QED) is 0.247. The summed E-state index contributed by atoms with van der Waals surface area (Å²) >= 11 is 0. The van der Waals surface area contributed by atoms with E-state index in [9.17, 15) is 27.1 Å². The molecule has 3 aromatic carbocycles. The van der Waals surface area contributed by atoms with E-state index in [4.69, 9.17) is 0 Å². The Bertz CT molecular complexity index is 1160. The molecule has 0 radical (unpaired) electrons. The molecule has 0 aromatic heterocycles. The minimum Gasteiger partial charge on any atom is -0.507 e. The van der Waals surface area contributed by atoms with Gasteiger partial charge < -0.3 is 9.84 Å². The van der Waals surface area contributed by atoms with Crippen LogP contribution in [0, 0.1) is 23.3 Å². The zero-order valence-corrected chi connectivity index (χ0v) is 18.7. The Morgan fingerprint density at radius 3 is 2.15 bits per heavy atom. The Labute approximate surface area is 193 Å². The van der Waals surface area contributed by atoms with Crippen LogP contribution in [0.25, 0.3) is 11.1 Å². The van der Waals surface area contributed by atoms with Crippen LogP contribution in [0.1, 0.15) is 49.8 Å². The van der Waals surface area contributed by atoms with Gasteiger partial charge >= 0.3 is 6.11 Å². The lowest BCUT2D eigenvalue weighted by atomic mass is 9.96. The third-order valence-electron chi connectivity index (χ3n) is 5.55. The standard InChI is InChI=1S/C26H24F6O2/c1-3-5-6-7-16-10-13-18(24(29)23(16)28)21-20(33)14-19(27)22(25(21)30)26(31,32)34-17-11-8-15(4-2)9-12-17/h8-14,33H,3-7H2,1-2H3. The van der Waals surface area contributed by atoms with Crippen LogP contribution in [0.5, 0.6) is 11.5 Å². The van der Waals surface area contributed by atoms with Crippen LogP contribution in [0.15, 0.2) is 42.5 Å². The lowest BCUT2D eigenvalue weighted by Crippen LogP contribution is -2.25. The van der Waals surface area contributed by atoms with Crippen molar-refractivity contribution < 1.29 is 36.2 Å². The molecule has 0 aliphatic carbocycles. The summed E-state index contributed by atoms with van der Waals surface area (Å²) in [4.78, 5) is 0. The van der Waals surface area contributed by atoms with E-state index in [-0.39, 0.29) is 23.8 Å². The molecule has 0 bridgehead atoms. The van der Waals surface area contributed by atoms with Gasteiger partial charge in [-0.1, -0.05) is 51.0 Å². The molecule has 0 saturated heterocycles. The molecule has 0 fully saturated rings. The Hall–Kier alpha value is -3.16. The monoisotopic (exact) mass is 482 g/mol. The zero-order valence-electron chi connectivity index (χ0n) is 18.7. The van der Waals surface area contributed by atoms with Gasteiger partial charge in [-0.15, -0.1) is 0 Å². The molecular weight excluding hydrogens is 458 g/mol. The second kappa shape index (κ2) is 10.4. The van der Waals surface area contributed by atoms with Gasteiger partial charge in [-0.05, 0) is 42.5 Å². The summed E-state index contributed by atoms with van der Waals surface area (Å²) in [6, 6.07) is 7.85. The predicted molar refractivity (Wildman–Crippen MR) is 117 cm³/mol. The van der Waals surface area contributed by atoms with E-state index in [1.165, 1.54) is 30.3 Å². The highest BCUT2D eigenvalue weighted by molar-refractivity contribution is 5.73. The fraction of sp³-hybridized carbons (Fsp3) is 0.308. The average Bonchev–Trinajstić information content (AvgIpc) is 2.77. The van der Waals surface area contributed by atoms with E-state index in [0.717, 1.165) is 24.5 Å². The summed E-state index contributed by atoms with van der Waals surface area (Å²) in [5.41, 5.74) is -2.86. The van der Waals surface area contributed by atoms with Gasteiger partial charge in [-0.25, -0.2) is 17.6 Å². The number of hydrogen-bond acceptors (Lipinski definition) is 2. The molecule has 0 saturated carbocycles. The third-order valence-corrected chi connectivity index (χ3v) is 5.55. The number of phenols is 1. The number of unbranched alkanes of at least 4 members (excludes halogenated alkanes) is 2. The number of phenolic OH excluding ortho intramolecular Hbond substituents is 1. The second-order valence-electron chi connectivity index (χ2n) is 7.92. The van der Waals surface area contributed by atoms with Crippen LogP contribution >= 0.6 is 0 Å². The summed E-state index contributed by atoms with van der Waals surface area (Å²) in [5.74, 6) is -8.07. The van der Waals surface area contributed by atoms with E-state index in [2.05, 4.69) is 4.74 Å². The minimum absolute atomic E-state index is 0.0288. The maximum atomic E-state index is 15.2. The number of halogens is 6. The molecule has 8 heteroatoms. The van der Waals surface area contributed by atoms with Crippen molar-refractivity contribution in [1.82, 2.24) is 0 Å². The molecule has 0 atom stereocenters. The van der Waals surface area contributed by atoms with Gasteiger partial charge in [0, 0.05) is 11.6 Å². The van der Waals surface area contributed by atoms with E-state index < -0.39 is 51.8 Å². The van der Waals surface area contributed by atoms with E-state index in [1.807, 2.05) is 13.8 Å². The first-order chi connectivity index (χ1) is 16.1. The lowest BCUT2D eigenvalue weighted by Gasteiger charge is -2.21. The number of alkyl halides is 2. The number of aryl methyl sites for hydroxylation is 2. The van der Waals surface area contributed by atoms with Gasteiger partial charge in [-0.2, -0.15) is 8.78 Å². The van der Waals surface area contributed by atoms with Crippen LogP contribution < -0.4 is 4.74 Å². The van der Waals surface area contributed by atoms with Gasteiger partial charge in [0.1, 0.15) is 22.9 Å². The number of benzene rings is 3. The molecular formula is C26H24F6O2. The first-order valence-electron chi connectivity index (χ1n) is 10.9. The van der Waals surface area contributed by atoms with Crippen molar-refractivity contribution in [3.05, 3.63) is 82.4 Å². The van der Waals surface area contributed by atoms with Crippen LogP contribution in [0.4, 0.5) is 26.3 Å². The molecule has 0 amide bonds. The van der Waals surface area contributed by atoms with Crippen LogP contribution in [-0.4, -0.2) is 5.11 Å². The van der Waals surface area contributed by atoms with Crippen LogP contribution in [-0.2, 0) is 19.0 Å². The Morgan fingerprint density at radius 1 is 0.853 bits per heavy atom. The number of ether oxygens (including phenoxy) is 1. The van der Waals surface area contributed by atoms with Gasteiger partial charge in [0.05, 0.1) is 5.56 Å². The van der Waals surface area contributed by atoms with Crippen molar-refractivity contribution in [2.75, 3.05) is 0 Å².